The van der Waals surface area contributed by atoms with Crippen molar-refractivity contribution in [3.63, 3.8) is 0 Å². The first-order valence-corrected chi connectivity index (χ1v) is 5.83. The Morgan fingerprint density at radius 2 is 2.28 bits per heavy atom. The summed E-state index contributed by atoms with van der Waals surface area (Å²) >= 11 is 0. The number of hydrogen-bond acceptors (Lipinski definition) is 4. The second-order valence-electron chi connectivity index (χ2n) is 3.69. The molecule has 100 valence electrons. The van der Waals surface area contributed by atoms with Crippen molar-refractivity contribution in [1.29, 1.82) is 0 Å². The molecule has 0 aliphatic carbocycles. The lowest BCUT2D eigenvalue weighted by Gasteiger charge is -2.17. The molecule has 1 atom stereocenters. The first-order chi connectivity index (χ1) is 8.69. The number of esters is 1. The number of ether oxygens (including phenoxy) is 2. The summed E-state index contributed by atoms with van der Waals surface area (Å²) in [6, 6.07) is 5.23. The van der Waals surface area contributed by atoms with E-state index < -0.39 is 12.0 Å². The summed E-state index contributed by atoms with van der Waals surface area (Å²) in [5.74, 6) is -0.797. The van der Waals surface area contributed by atoms with E-state index in [1.165, 1.54) is 12.1 Å². The number of nitrogens with one attached hydrogen (secondary N) is 1. The Morgan fingerprint density at radius 3 is 2.89 bits per heavy atom. The number of carbonyl (C=O) groups is 1. The zero-order valence-electron chi connectivity index (χ0n) is 10.6. The highest BCUT2D eigenvalue weighted by Crippen LogP contribution is 2.15. The topological polar surface area (TPSA) is 47.6 Å². The Balaban J connectivity index is 2.78. The van der Waals surface area contributed by atoms with Crippen LogP contribution in [0.4, 0.5) is 4.39 Å². The van der Waals surface area contributed by atoms with Crippen LogP contribution >= 0.6 is 0 Å². The van der Waals surface area contributed by atoms with Gasteiger partial charge in [-0.05, 0) is 24.6 Å². The average Bonchev–Trinajstić information content (AvgIpc) is 2.35. The van der Waals surface area contributed by atoms with Gasteiger partial charge in [0.05, 0.1) is 13.2 Å². The number of halogens is 1. The smallest absolute Gasteiger partial charge is 0.327 e. The lowest BCUT2D eigenvalue weighted by molar-refractivity contribution is -0.145. The molecule has 0 aliphatic heterocycles. The molecule has 1 unspecified atom stereocenters. The molecule has 1 aromatic rings. The molecule has 5 heteroatoms. The van der Waals surface area contributed by atoms with Gasteiger partial charge in [-0.3, -0.25) is 5.32 Å². The average molecular weight is 255 g/mol. The number of methoxy groups -OCH3 is 1. The molecular weight excluding hydrogens is 237 g/mol. The number of hydrogen-bond donors (Lipinski definition) is 1. The number of carbonyl (C=O) groups excluding carboxylic acids is 1. The zero-order chi connectivity index (χ0) is 13.4. The van der Waals surface area contributed by atoms with E-state index in [0.29, 0.717) is 18.7 Å². The van der Waals surface area contributed by atoms with Gasteiger partial charge >= 0.3 is 5.97 Å². The van der Waals surface area contributed by atoms with E-state index in [1.807, 2.05) is 0 Å². The fraction of sp³-hybridized carbons (Fsp3) is 0.462. The highest BCUT2D eigenvalue weighted by molar-refractivity contribution is 5.77. The van der Waals surface area contributed by atoms with Crippen molar-refractivity contribution >= 4 is 5.97 Å². The molecule has 1 N–H and O–H groups in total. The van der Waals surface area contributed by atoms with Crippen molar-refractivity contribution in [3.05, 3.63) is 35.6 Å². The molecule has 0 amide bonds. The minimum Gasteiger partial charge on any atom is -0.465 e. The third kappa shape index (κ3) is 4.43. The van der Waals surface area contributed by atoms with Gasteiger partial charge in [-0.2, -0.15) is 0 Å². The van der Waals surface area contributed by atoms with Gasteiger partial charge in [0.1, 0.15) is 11.9 Å². The maximum absolute atomic E-state index is 13.2. The number of rotatable bonds is 7. The normalized spacial score (nSPS) is 12.2. The Kier molecular flexibility index (Phi) is 6.32. The molecule has 4 nitrogen and oxygen atoms in total. The van der Waals surface area contributed by atoms with Crippen LogP contribution in [-0.4, -0.2) is 32.8 Å². The third-order valence-electron chi connectivity index (χ3n) is 2.36. The van der Waals surface area contributed by atoms with Crippen LogP contribution in [0.25, 0.3) is 0 Å². The van der Waals surface area contributed by atoms with E-state index in [-0.39, 0.29) is 12.4 Å². The first-order valence-electron chi connectivity index (χ1n) is 5.83. The summed E-state index contributed by atoms with van der Waals surface area (Å²) in [4.78, 5) is 11.8. The van der Waals surface area contributed by atoms with Crippen LogP contribution in [0.2, 0.25) is 0 Å². The Hall–Kier alpha value is -1.46. The summed E-state index contributed by atoms with van der Waals surface area (Å²) in [6.45, 7) is 2.97. The second-order valence-corrected chi connectivity index (χ2v) is 3.69. The van der Waals surface area contributed by atoms with Crippen LogP contribution in [0, 0.1) is 5.82 Å². The summed E-state index contributed by atoms with van der Waals surface area (Å²) in [5, 5.41) is 2.98. The maximum atomic E-state index is 13.2. The monoisotopic (exact) mass is 255 g/mol. The lowest BCUT2D eigenvalue weighted by Crippen LogP contribution is -2.32. The van der Waals surface area contributed by atoms with Crippen molar-refractivity contribution in [1.82, 2.24) is 5.32 Å². The van der Waals surface area contributed by atoms with E-state index in [9.17, 15) is 9.18 Å². The standard InChI is InChI=1S/C13H18FNO3/c1-3-18-13(16)12(15-7-8-17-2)10-5-4-6-11(14)9-10/h4-6,9,12,15H,3,7-8H2,1-2H3. The highest BCUT2D eigenvalue weighted by atomic mass is 19.1. The molecule has 0 radical (unpaired) electrons. The van der Waals surface area contributed by atoms with Crippen LogP contribution < -0.4 is 5.32 Å². The summed E-state index contributed by atoms with van der Waals surface area (Å²) < 4.78 is 23.0. The molecule has 0 aliphatic rings. The van der Waals surface area contributed by atoms with E-state index in [2.05, 4.69) is 5.32 Å². The minimum absolute atomic E-state index is 0.288. The molecule has 0 heterocycles. The fourth-order valence-electron chi connectivity index (χ4n) is 1.55. The lowest BCUT2D eigenvalue weighted by atomic mass is 10.1. The summed E-state index contributed by atoms with van der Waals surface area (Å²) in [5.41, 5.74) is 0.546. The van der Waals surface area contributed by atoms with Crippen LogP contribution in [0.1, 0.15) is 18.5 Å². The molecule has 0 saturated carbocycles. The van der Waals surface area contributed by atoms with Gasteiger partial charge in [0.2, 0.25) is 0 Å². The van der Waals surface area contributed by atoms with Gasteiger partial charge in [-0.25, -0.2) is 9.18 Å². The molecule has 0 fully saturated rings. The van der Waals surface area contributed by atoms with Gasteiger partial charge in [0, 0.05) is 13.7 Å². The van der Waals surface area contributed by atoms with E-state index in [0.717, 1.165) is 0 Å². The van der Waals surface area contributed by atoms with Gasteiger partial charge in [-0.15, -0.1) is 0 Å². The molecule has 1 aromatic carbocycles. The Morgan fingerprint density at radius 1 is 1.50 bits per heavy atom. The summed E-state index contributed by atoms with van der Waals surface area (Å²) in [7, 11) is 1.57. The fourth-order valence-corrected chi connectivity index (χ4v) is 1.55. The van der Waals surface area contributed by atoms with Crippen molar-refractivity contribution in [2.24, 2.45) is 0 Å². The third-order valence-corrected chi connectivity index (χ3v) is 2.36. The Labute approximate surface area is 106 Å². The predicted molar refractivity (Wildman–Crippen MR) is 65.7 cm³/mol. The summed E-state index contributed by atoms with van der Waals surface area (Å²) in [6.07, 6.45) is 0. The van der Waals surface area contributed by atoms with Crippen LogP contribution in [0.5, 0.6) is 0 Å². The second kappa shape index (κ2) is 7.79. The van der Waals surface area contributed by atoms with Crippen molar-refractivity contribution in [2.75, 3.05) is 26.9 Å². The maximum Gasteiger partial charge on any atom is 0.327 e. The molecule has 0 bridgehead atoms. The largest absolute Gasteiger partial charge is 0.465 e. The SMILES string of the molecule is CCOC(=O)C(NCCOC)c1cccc(F)c1. The van der Waals surface area contributed by atoms with Gasteiger partial charge in [-0.1, -0.05) is 12.1 Å². The molecule has 0 saturated heterocycles. The van der Waals surface area contributed by atoms with E-state index >= 15 is 0 Å². The molecule has 0 spiro atoms. The highest BCUT2D eigenvalue weighted by Gasteiger charge is 2.21. The zero-order valence-corrected chi connectivity index (χ0v) is 10.6. The van der Waals surface area contributed by atoms with Crippen LogP contribution in [0.3, 0.4) is 0 Å². The van der Waals surface area contributed by atoms with Crippen molar-refractivity contribution in [2.45, 2.75) is 13.0 Å². The van der Waals surface area contributed by atoms with Gasteiger partial charge in [0.25, 0.3) is 0 Å². The van der Waals surface area contributed by atoms with E-state index in [1.54, 1.807) is 26.2 Å². The predicted octanol–water partition coefficient (Wildman–Crippen LogP) is 1.67. The quantitative estimate of drug-likeness (QED) is 0.594. The molecular formula is C13H18FNO3. The molecule has 1 rings (SSSR count). The van der Waals surface area contributed by atoms with Crippen molar-refractivity contribution < 1.29 is 18.7 Å². The van der Waals surface area contributed by atoms with Gasteiger partial charge in [0.15, 0.2) is 0 Å². The van der Waals surface area contributed by atoms with Crippen LogP contribution in [0.15, 0.2) is 24.3 Å². The van der Waals surface area contributed by atoms with E-state index in [4.69, 9.17) is 9.47 Å². The minimum atomic E-state index is -0.671. The van der Waals surface area contributed by atoms with Crippen molar-refractivity contribution in [3.8, 4) is 0 Å². The number of benzene rings is 1. The first kappa shape index (κ1) is 14.6. The van der Waals surface area contributed by atoms with Crippen LogP contribution in [-0.2, 0) is 14.3 Å². The van der Waals surface area contributed by atoms with Gasteiger partial charge < -0.3 is 9.47 Å². The molecule has 0 aromatic heterocycles. The molecule has 18 heavy (non-hydrogen) atoms. The Bertz CT molecular complexity index is 384.